The van der Waals surface area contributed by atoms with Gasteiger partial charge in [0.1, 0.15) is 5.82 Å². The van der Waals surface area contributed by atoms with Crippen LogP contribution < -0.4 is 5.73 Å². The van der Waals surface area contributed by atoms with Crippen molar-refractivity contribution in [1.82, 2.24) is 24.9 Å². The quantitative estimate of drug-likeness (QED) is 0.880. The molecule has 1 unspecified atom stereocenters. The van der Waals surface area contributed by atoms with Crippen LogP contribution in [0.15, 0.2) is 22.9 Å². The lowest BCUT2D eigenvalue weighted by atomic mass is 10.1. The van der Waals surface area contributed by atoms with Crippen LogP contribution in [0.1, 0.15) is 5.82 Å². The Kier molecular flexibility index (Phi) is 3.85. The molecule has 3 rings (SSSR count). The van der Waals surface area contributed by atoms with E-state index in [4.69, 9.17) is 10.3 Å². The van der Waals surface area contributed by atoms with Crippen LogP contribution in [0.4, 0.5) is 5.82 Å². The third kappa shape index (κ3) is 3.20. The molecule has 7 heteroatoms. The summed E-state index contributed by atoms with van der Waals surface area (Å²) in [6, 6.07) is 3.96. The predicted octanol–water partition coefficient (Wildman–Crippen LogP) is 0.502. The Balaban J connectivity index is 1.73. The number of likely N-dealkylation sites (N-methyl/N-ethyl adjacent to an activating group) is 2. The molecule has 0 spiro atoms. The summed E-state index contributed by atoms with van der Waals surface area (Å²) in [5, 5.41) is 4.08. The van der Waals surface area contributed by atoms with Gasteiger partial charge in [0.15, 0.2) is 5.82 Å². The van der Waals surface area contributed by atoms with Crippen LogP contribution in [0.5, 0.6) is 0 Å². The molecule has 1 aliphatic heterocycles. The van der Waals surface area contributed by atoms with Crippen molar-refractivity contribution >= 4 is 5.82 Å². The lowest BCUT2D eigenvalue weighted by Gasteiger charge is -2.37. The van der Waals surface area contributed by atoms with Gasteiger partial charge in [0.2, 0.25) is 0 Å². The van der Waals surface area contributed by atoms with Gasteiger partial charge in [-0.2, -0.15) is 4.98 Å². The number of pyridine rings is 1. The molecule has 1 fully saturated rings. The molecular weight excluding hydrogens is 268 g/mol. The fraction of sp³-hybridized carbons (Fsp3) is 0.500. The minimum Gasteiger partial charge on any atom is -0.384 e. The second-order valence-corrected chi connectivity index (χ2v) is 5.59. The smallest absolute Gasteiger partial charge is 0.258 e. The van der Waals surface area contributed by atoms with E-state index in [0.29, 0.717) is 17.8 Å². The highest BCUT2D eigenvalue weighted by Gasteiger charge is 2.24. The zero-order valence-electron chi connectivity index (χ0n) is 12.4. The predicted molar refractivity (Wildman–Crippen MR) is 79.6 cm³/mol. The first-order valence-corrected chi connectivity index (χ1v) is 7.05. The molecule has 0 aliphatic carbocycles. The Hall–Kier alpha value is -1.99. The van der Waals surface area contributed by atoms with Crippen LogP contribution in [-0.4, -0.2) is 64.7 Å². The zero-order chi connectivity index (χ0) is 14.8. The summed E-state index contributed by atoms with van der Waals surface area (Å²) in [6.45, 7) is 3.18. The molecular formula is C14H20N6O. The average Bonchev–Trinajstić information content (AvgIpc) is 2.91. The summed E-state index contributed by atoms with van der Waals surface area (Å²) in [5.74, 6) is 1.67. The van der Waals surface area contributed by atoms with Crippen molar-refractivity contribution in [3.8, 4) is 11.5 Å². The van der Waals surface area contributed by atoms with Gasteiger partial charge in [-0.15, -0.1) is 0 Å². The molecule has 0 bridgehead atoms. The monoisotopic (exact) mass is 288 g/mol. The van der Waals surface area contributed by atoms with Gasteiger partial charge < -0.3 is 20.1 Å². The third-order valence-electron chi connectivity index (χ3n) is 3.89. The highest BCUT2D eigenvalue weighted by atomic mass is 16.5. The fourth-order valence-electron chi connectivity index (χ4n) is 2.57. The maximum atomic E-state index is 5.67. The number of nitrogen functional groups attached to an aromatic ring is 1. The first kappa shape index (κ1) is 14.0. The maximum absolute atomic E-state index is 5.67. The van der Waals surface area contributed by atoms with E-state index in [1.54, 1.807) is 12.3 Å². The Bertz CT molecular complexity index is 613. The minimum atomic E-state index is 0.414. The number of nitrogens with zero attached hydrogens (tertiary/aromatic N) is 5. The van der Waals surface area contributed by atoms with Gasteiger partial charge in [0.25, 0.3) is 5.89 Å². The number of aromatic nitrogens is 3. The van der Waals surface area contributed by atoms with Crippen molar-refractivity contribution < 1.29 is 4.52 Å². The zero-order valence-corrected chi connectivity index (χ0v) is 12.4. The molecule has 112 valence electrons. The highest BCUT2D eigenvalue weighted by molar-refractivity contribution is 5.56. The molecule has 2 N–H and O–H groups in total. The maximum Gasteiger partial charge on any atom is 0.258 e. The molecule has 21 heavy (non-hydrogen) atoms. The van der Waals surface area contributed by atoms with E-state index in [0.717, 1.165) is 37.4 Å². The number of piperazine rings is 1. The molecule has 0 aromatic carbocycles. The summed E-state index contributed by atoms with van der Waals surface area (Å²) in [7, 11) is 4.28. The molecule has 0 radical (unpaired) electrons. The minimum absolute atomic E-state index is 0.414. The molecule has 0 amide bonds. The van der Waals surface area contributed by atoms with Crippen LogP contribution in [0.25, 0.3) is 11.5 Å². The Morgan fingerprint density at radius 1 is 1.38 bits per heavy atom. The van der Waals surface area contributed by atoms with Crippen molar-refractivity contribution in [2.24, 2.45) is 0 Å². The summed E-state index contributed by atoms with van der Waals surface area (Å²) in [4.78, 5) is 13.1. The lowest BCUT2D eigenvalue weighted by molar-refractivity contribution is 0.113. The van der Waals surface area contributed by atoms with Crippen LogP contribution >= 0.6 is 0 Å². The Morgan fingerprint density at radius 2 is 2.24 bits per heavy atom. The molecule has 1 atom stereocenters. The normalized spacial score (nSPS) is 20.8. The van der Waals surface area contributed by atoms with Crippen LogP contribution in [0.3, 0.4) is 0 Å². The van der Waals surface area contributed by atoms with Crippen molar-refractivity contribution in [2.45, 2.75) is 12.5 Å². The van der Waals surface area contributed by atoms with Crippen LogP contribution in [0.2, 0.25) is 0 Å². The number of hydrogen-bond donors (Lipinski definition) is 1. The lowest BCUT2D eigenvalue weighted by Crippen LogP contribution is -2.50. The molecule has 7 nitrogen and oxygen atoms in total. The second-order valence-electron chi connectivity index (χ2n) is 5.59. The first-order valence-electron chi connectivity index (χ1n) is 7.05. The van der Waals surface area contributed by atoms with Crippen molar-refractivity contribution in [3.63, 3.8) is 0 Å². The summed E-state index contributed by atoms with van der Waals surface area (Å²) < 4.78 is 5.33. The van der Waals surface area contributed by atoms with Gasteiger partial charge in [0.05, 0.1) is 0 Å². The topological polar surface area (TPSA) is 84.3 Å². The van der Waals surface area contributed by atoms with Crippen LogP contribution in [-0.2, 0) is 6.42 Å². The molecule has 2 aromatic heterocycles. The van der Waals surface area contributed by atoms with E-state index >= 15 is 0 Å². The van der Waals surface area contributed by atoms with Gasteiger partial charge in [-0.25, -0.2) is 4.98 Å². The third-order valence-corrected chi connectivity index (χ3v) is 3.89. The molecule has 3 heterocycles. The number of anilines is 1. The fourth-order valence-corrected chi connectivity index (χ4v) is 2.57. The molecule has 1 saturated heterocycles. The number of rotatable bonds is 3. The van der Waals surface area contributed by atoms with E-state index < -0.39 is 0 Å². The van der Waals surface area contributed by atoms with Gasteiger partial charge in [-0.05, 0) is 26.2 Å². The van der Waals surface area contributed by atoms with Crippen LogP contribution in [0, 0.1) is 0 Å². The molecule has 0 saturated carbocycles. The van der Waals surface area contributed by atoms with Gasteiger partial charge in [0, 0.05) is 43.9 Å². The number of hydrogen-bond acceptors (Lipinski definition) is 7. The van der Waals surface area contributed by atoms with E-state index in [1.165, 1.54) is 0 Å². The highest BCUT2D eigenvalue weighted by Crippen LogP contribution is 2.19. The Morgan fingerprint density at radius 3 is 3.05 bits per heavy atom. The van der Waals surface area contributed by atoms with E-state index in [1.807, 2.05) is 6.07 Å². The van der Waals surface area contributed by atoms with Gasteiger partial charge in [-0.3, -0.25) is 0 Å². The summed E-state index contributed by atoms with van der Waals surface area (Å²) >= 11 is 0. The second kappa shape index (κ2) is 5.79. The van der Waals surface area contributed by atoms with E-state index in [2.05, 4.69) is 39.0 Å². The van der Waals surface area contributed by atoms with Gasteiger partial charge in [-0.1, -0.05) is 5.16 Å². The Labute approximate surface area is 123 Å². The molecule has 2 aromatic rings. The standard InChI is InChI=1S/C14H20N6O/c1-19-5-6-20(2)11(9-19)8-13-17-14(21-18-13)10-3-4-16-12(15)7-10/h3-4,7,11H,5-6,8-9H2,1-2H3,(H2,15,16). The van der Waals surface area contributed by atoms with E-state index in [-0.39, 0.29) is 0 Å². The van der Waals surface area contributed by atoms with E-state index in [9.17, 15) is 0 Å². The first-order chi connectivity index (χ1) is 10.1. The van der Waals surface area contributed by atoms with Gasteiger partial charge >= 0.3 is 0 Å². The van der Waals surface area contributed by atoms with Crippen molar-refractivity contribution in [2.75, 3.05) is 39.5 Å². The largest absolute Gasteiger partial charge is 0.384 e. The average molecular weight is 288 g/mol. The number of nitrogens with two attached hydrogens (primary N) is 1. The van der Waals surface area contributed by atoms with Crippen molar-refractivity contribution in [3.05, 3.63) is 24.2 Å². The summed E-state index contributed by atoms with van der Waals surface area (Å²) in [6.07, 6.45) is 2.42. The van der Waals surface area contributed by atoms with Crippen molar-refractivity contribution in [1.29, 1.82) is 0 Å². The summed E-state index contributed by atoms with van der Waals surface area (Å²) in [5.41, 5.74) is 6.47. The molecule has 1 aliphatic rings. The SMILES string of the molecule is CN1CCN(C)C(Cc2noc(-c3ccnc(N)c3)n2)C1.